The summed E-state index contributed by atoms with van der Waals surface area (Å²) in [5.74, 6) is -1.97. The number of fused-ring (bicyclic) bond motifs is 1. The zero-order valence-corrected chi connectivity index (χ0v) is 13.9. The average molecular weight is 343 g/mol. The Morgan fingerprint density at radius 1 is 0.808 bits per heavy atom. The minimum Gasteiger partial charge on any atom is -0.481 e. The average Bonchev–Trinajstić information content (AvgIpc) is 2.69. The molecule has 1 N–H and O–H groups in total. The molecule has 0 bridgehead atoms. The normalized spacial score (nSPS) is 19.1. The van der Waals surface area contributed by atoms with Crippen LogP contribution in [0.15, 0.2) is 84.9 Å². The van der Waals surface area contributed by atoms with Gasteiger partial charge in [-0.15, -0.1) is 0 Å². The second kappa shape index (κ2) is 6.48. The van der Waals surface area contributed by atoms with Crippen molar-refractivity contribution in [3.05, 3.63) is 102 Å². The first-order valence-corrected chi connectivity index (χ1v) is 8.44. The van der Waals surface area contributed by atoms with E-state index in [1.165, 1.54) is 0 Å². The first-order chi connectivity index (χ1) is 12.7. The van der Waals surface area contributed by atoms with Crippen molar-refractivity contribution in [3.63, 3.8) is 0 Å². The lowest BCUT2D eigenvalue weighted by atomic mass is 9.79. The summed E-state index contributed by atoms with van der Waals surface area (Å²) in [6, 6.07) is 25.0. The lowest BCUT2D eigenvalue weighted by Crippen LogP contribution is -2.45. The molecule has 0 aromatic heterocycles. The van der Waals surface area contributed by atoms with E-state index in [4.69, 9.17) is 0 Å². The Kier molecular flexibility index (Phi) is 4.01. The zero-order chi connectivity index (χ0) is 18.1. The molecule has 0 fully saturated rings. The lowest BCUT2D eigenvalue weighted by molar-refractivity contribution is -0.139. The van der Waals surface area contributed by atoms with Crippen LogP contribution in [0.2, 0.25) is 0 Å². The van der Waals surface area contributed by atoms with Crippen molar-refractivity contribution in [3.8, 4) is 0 Å². The molecule has 1 aliphatic rings. The predicted octanol–water partition coefficient (Wildman–Crippen LogP) is 4.26. The summed E-state index contributed by atoms with van der Waals surface area (Å²) in [5, 5.41) is 10.0. The molecule has 3 aromatic carbocycles. The van der Waals surface area contributed by atoms with Crippen LogP contribution < -0.4 is 4.90 Å². The number of hydrogen-bond donors (Lipinski definition) is 1. The monoisotopic (exact) mass is 343 g/mol. The minimum absolute atomic E-state index is 0.182. The second-order valence-electron chi connectivity index (χ2n) is 6.27. The van der Waals surface area contributed by atoms with Crippen LogP contribution in [0.25, 0.3) is 0 Å². The highest BCUT2D eigenvalue weighted by Crippen LogP contribution is 2.44. The maximum atomic E-state index is 13.3. The van der Waals surface area contributed by atoms with Crippen molar-refractivity contribution in [2.75, 3.05) is 4.90 Å². The molecule has 3 aromatic rings. The van der Waals surface area contributed by atoms with E-state index in [0.717, 1.165) is 5.56 Å². The van der Waals surface area contributed by atoms with Crippen LogP contribution in [0.5, 0.6) is 0 Å². The quantitative estimate of drug-likeness (QED) is 0.773. The summed E-state index contributed by atoms with van der Waals surface area (Å²) >= 11 is 0. The number of aliphatic carboxylic acids is 1. The molecule has 1 amide bonds. The summed E-state index contributed by atoms with van der Waals surface area (Å²) < 4.78 is 0. The highest BCUT2D eigenvalue weighted by Gasteiger charge is 2.44. The van der Waals surface area contributed by atoms with Gasteiger partial charge in [-0.2, -0.15) is 0 Å². The van der Waals surface area contributed by atoms with Crippen molar-refractivity contribution >= 4 is 17.6 Å². The van der Waals surface area contributed by atoms with E-state index in [1.807, 2.05) is 60.7 Å². The summed E-state index contributed by atoms with van der Waals surface area (Å²) in [7, 11) is 0. The summed E-state index contributed by atoms with van der Waals surface area (Å²) in [6.45, 7) is 0. The number of carboxylic acids is 1. The summed E-state index contributed by atoms with van der Waals surface area (Å²) in [4.78, 5) is 27.2. The van der Waals surface area contributed by atoms with E-state index >= 15 is 0 Å². The molecule has 0 saturated heterocycles. The van der Waals surface area contributed by atoms with Gasteiger partial charge in [-0.1, -0.05) is 66.7 Å². The number of carboxylic acid groups (broad SMARTS) is 1. The number of amides is 1. The number of hydrogen-bond acceptors (Lipinski definition) is 2. The number of benzene rings is 3. The molecule has 0 radical (unpaired) electrons. The number of para-hydroxylation sites is 1. The Bertz CT molecular complexity index is 953. The highest BCUT2D eigenvalue weighted by molar-refractivity contribution is 6.10. The Hall–Kier alpha value is -3.40. The van der Waals surface area contributed by atoms with Gasteiger partial charge in [-0.3, -0.25) is 14.5 Å². The molecular formula is C22H17NO3. The van der Waals surface area contributed by atoms with E-state index < -0.39 is 17.9 Å². The third kappa shape index (κ3) is 2.56. The Labute approximate surface area is 151 Å². The van der Waals surface area contributed by atoms with Crippen LogP contribution in [-0.2, 0) is 4.79 Å². The molecular weight excluding hydrogens is 326 g/mol. The van der Waals surface area contributed by atoms with Crippen molar-refractivity contribution in [2.45, 2.75) is 12.0 Å². The SMILES string of the molecule is O=C(O)[C@@H]1c2ccccc2C(=O)N(c2ccccc2)[C@@H]1c1ccccc1. The van der Waals surface area contributed by atoms with Crippen LogP contribution in [-0.4, -0.2) is 17.0 Å². The van der Waals surface area contributed by atoms with Gasteiger partial charge in [-0.25, -0.2) is 0 Å². The van der Waals surface area contributed by atoms with Gasteiger partial charge >= 0.3 is 5.97 Å². The maximum absolute atomic E-state index is 13.3. The fourth-order valence-electron chi connectivity index (χ4n) is 3.66. The summed E-state index contributed by atoms with van der Waals surface area (Å²) in [5.41, 5.74) is 2.49. The van der Waals surface area contributed by atoms with Gasteiger partial charge in [0.15, 0.2) is 0 Å². The van der Waals surface area contributed by atoms with Crippen LogP contribution in [0.1, 0.15) is 33.4 Å². The van der Waals surface area contributed by atoms with E-state index in [0.29, 0.717) is 16.8 Å². The standard InChI is InChI=1S/C22H17NO3/c24-21-18-14-8-7-13-17(18)19(22(25)26)20(15-9-3-1-4-10-15)23(21)16-11-5-2-6-12-16/h1-14,19-20H,(H,25,26)/t19-,20-/m1/s1. The maximum Gasteiger partial charge on any atom is 0.313 e. The van der Waals surface area contributed by atoms with E-state index in [1.54, 1.807) is 29.2 Å². The molecule has 1 heterocycles. The van der Waals surface area contributed by atoms with E-state index in [-0.39, 0.29) is 5.91 Å². The van der Waals surface area contributed by atoms with Crippen molar-refractivity contribution in [2.24, 2.45) is 0 Å². The molecule has 0 unspecified atom stereocenters. The number of anilines is 1. The number of nitrogens with zero attached hydrogens (tertiary/aromatic N) is 1. The number of rotatable bonds is 3. The van der Waals surface area contributed by atoms with Crippen molar-refractivity contribution in [1.29, 1.82) is 0 Å². The van der Waals surface area contributed by atoms with E-state index in [2.05, 4.69) is 0 Å². The van der Waals surface area contributed by atoms with Crippen molar-refractivity contribution in [1.82, 2.24) is 0 Å². The molecule has 26 heavy (non-hydrogen) atoms. The molecule has 128 valence electrons. The first kappa shape index (κ1) is 16.1. The molecule has 0 spiro atoms. The Balaban J connectivity index is 1.99. The molecule has 0 aliphatic carbocycles. The Morgan fingerprint density at radius 2 is 1.38 bits per heavy atom. The van der Waals surface area contributed by atoms with Gasteiger partial charge < -0.3 is 5.11 Å². The van der Waals surface area contributed by atoms with Gasteiger partial charge in [0, 0.05) is 11.3 Å². The van der Waals surface area contributed by atoms with Crippen LogP contribution in [0.3, 0.4) is 0 Å². The van der Waals surface area contributed by atoms with Gasteiger partial charge in [-0.05, 0) is 29.3 Å². The third-order valence-corrected chi connectivity index (χ3v) is 4.78. The molecule has 4 rings (SSSR count). The van der Waals surface area contributed by atoms with Gasteiger partial charge in [0.25, 0.3) is 5.91 Å². The number of carbonyl (C=O) groups is 2. The summed E-state index contributed by atoms with van der Waals surface area (Å²) in [6.07, 6.45) is 0. The third-order valence-electron chi connectivity index (χ3n) is 4.78. The van der Waals surface area contributed by atoms with E-state index in [9.17, 15) is 14.7 Å². The van der Waals surface area contributed by atoms with Gasteiger partial charge in [0.1, 0.15) is 5.92 Å². The smallest absolute Gasteiger partial charge is 0.313 e. The molecule has 0 saturated carbocycles. The topological polar surface area (TPSA) is 57.6 Å². The Morgan fingerprint density at radius 3 is 2.04 bits per heavy atom. The molecule has 1 aliphatic heterocycles. The molecule has 4 heteroatoms. The minimum atomic E-state index is -0.945. The van der Waals surface area contributed by atoms with Crippen LogP contribution in [0, 0.1) is 0 Å². The fourth-order valence-corrected chi connectivity index (χ4v) is 3.66. The van der Waals surface area contributed by atoms with Crippen LogP contribution >= 0.6 is 0 Å². The first-order valence-electron chi connectivity index (χ1n) is 8.44. The molecule has 2 atom stereocenters. The second-order valence-corrected chi connectivity index (χ2v) is 6.27. The predicted molar refractivity (Wildman–Crippen MR) is 99.3 cm³/mol. The highest BCUT2D eigenvalue weighted by atomic mass is 16.4. The number of carbonyl (C=O) groups excluding carboxylic acids is 1. The zero-order valence-electron chi connectivity index (χ0n) is 13.9. The largest absolute Gasteiger partial charge is 0.481 e. The molecule has 4 nitrogen and oxygen atoms in total. The van der Waals surface area contributed by atoms with Crippen molar-refractivity contribution < 1.29 is 14.7 Å². The van der Waals surface area contributed by atoms with Crippen LogP contribution in [0.4, 0.5) is 5.69 Å². The lowest BCUT2D eigenvalue weighted by Gasteiger charge is -2.40. The fraction of sp³-hybridized carbons (Fsp3) is 0.0909. The van der Waals surface area contributed by atoms with Gasteiger partial charge in [0.05, 0.1) is 6.04 Å². The van der Waals surface area contributed by atoms with Gasteiger partial charge in [0.2, 0.25) is 0 Å².